The number of fused-ring (bicyclic) bond motifs is 1. The molecule has 1 aromatic rings. The summed E-state index contributed by atoms with van der Waals surface area (Å²) in [6.07, 6.45) is -1.46. The van der Waals surface area contributed by atoms with Crippen LogP contribution in [0.1, 0.15) is 45.2 Å². The van der Waals surface area contributed by atoms with E-state index in [1.807, 2.05) is 0 Å². The van der Waals surface area contributed by atoms with Crippen LogP contribution in [0.5, 0.6) is 0 Å². The van der Waals surface area contributed by atoms with Crippen LogP contribution in [0.25, 0.3) is 5.57 Å². The number of benzene rings is 1. The third-order valence-electron chi connectivity index (χ3n) is 5.57. The highest BCUT2D eigenvalue weighted by Gasteiger charge is 2.57. The van der Waals surface area contributed by atoms with Gasteiger partial charge < -0.3 is 30.0 Å². The Morgan fingerprint density at radius 3 is 2.52 bits per heavy atom. The maximum absolute atomic E-state index is 13.0. The zero-order valence-corrected chi connectivity index (χ0v) is 19.0. The topological polar surface area (TPSA) is 145 Å². The van der Waals surface area contributed by atoms with Crippen molar-refractivity contribution in [2.75, 3.05) is 6.79 Å². The van der Waals surface area contributed by atoms with Gasteiger partial charge in [-0.1, -0.05) is 18.2 Å². The Morgan fingerprint density at radius 1 is 1.21 bits per heavy atom. The summed E-state index contributed by atoms with van der Waals surface area (Å²) in [5.74, 6) is -2.36. The van der Waals surface area contributed by atoms with Gasteiger partial charge in [0, 0.05) is 0 Å². The standard InChI is InChI=1S/C23H28N2O8/c1-12(26)17-16-9-15(14-7-5-6-13(8-14)10-31-22(24)30)18(25(16)19(17)27)20(28)32-11-33-21(29)23(2,3)4/h5-8,12,16-17,26H,9-11H2,1-4H3,(H2,24,30)/t12-,16-,17-/m1/s1. The van der Waals surface area contributed by atoms with Gasteiger partial charge in [0.05, 0.1) is 23.5 Å². The van der Waals surface area contributed by atoms with E-state index in [0.29, 0.717) is 23.1 Å². The van der Waals surface area contributed by atoms with Crippen LogP contribution in [-0.2, 0) is 35.2 Å². The maximum atomic E-state index is 13.0. The Bertz CT molecular complexity index is 1010. The second-order valence-corrected chi connectivity index (χ2v) is 9.11. The molecule has 2 heterocycles. The molecule has 2 aliphatic rings. The molecule has 178 valence electrons. The highest BCUT2D eigenvalue weighted by Crippen LogP contribution is 2.47. The van der Waals surface area contributed by atoms with E-state index in [9.17, 15) is 24.3 Å². The van der Waals surface area contributed by atoms with Crippen molar-refractivity contribution in [3.63, 3.8) is 0 Å². The molecule has 0 saturated carbocycles. The first kappa shape index (κ1) is 24.2. The minimum atomic E-state index is -0.913. The summed E-state index contributed by atoms with van der Waals surface area (Å²) in [4.78, 5) is 49.8. The monoisotopic (exact) mass is 460 g/mol. The smallest absolute Gasteiger partial charge is 0.404 e. The lowest BCUT2D eigenvalue weighted by atomic mass is 9.82. The number of carbonyl (C=O) groups excluding carboxylic acids is 4. The minimum absolute atomic E-state index is 0.0432. The Kier molecular flexibility index (Phi) is 6.78. The summed E-state index contributed by atoms with van der Waals surface area (Å²) in [7, 11) is 0. The van der Waals surface area contributed by atoms with E-state index in [0.717, 1.165) is 0 Å². The molecule has 0 radical (unpaired) electrons. The highest BCUT2D eigenvalue weighted by molar-refractivity contribution is 6.06. The van der Waals surface area contributed by atoms with E-state index in [1.54, 1.807) is 45.0 Å². The molecule has 2 amide bonds. The lowest BCUT2D eigenvalue weighted by Crippen LogP contribution is -2.61. The number of primary amides is 1. The van der Waals surface area contributed by atoms with E-state index in [4.69, 9.17) is 19.9 Å². The molecular weight excluding hydrogens is 432 g/mol. The van der Waals surface area contributed by atoms with Crippen molar-refractivity contribution in [3.05, 3.63) is 41.1 Å². The van der Waals surface area contributed by atoms with Crippen LogP contribution in [0.15, 0.2) is 30.0 Å². The number of amides is 2. The first-order valence-electron chi connectivity index (χ1n) is 10.5. The largest absolute Gasteiger partial charge is 0.445 e. The van der Waals surface area contributed by atoms with Crippen molar-refractivity contribution >= 4 is 29.5 Å². The van der Waals surface area contributed by atoms with Crippen LogP contribution < -0.4 is 5.73 Å². The van der Waals surface area contributed by atoms with Gasteiger partial charge in [-0.15, -0.1) is 0 Å². The molecule has 10 nitrogen and oxygen atoms in total. The third-order valence-corrected chi connectivity index (χ3v) is 5.57. The fraction of sp³-hybridized carbons (Fsp3) is 0.478. The summed E-state index contributed by atoms with van der Waals surface area (Å²) in [6, 6.07) is 6.53. The van der Waals surface area contributed by atoms with Gasteiger partial charge in [-0.25, -0.2) is 9.59 Å². The molecule has 1 aromatic carbocycles. The molecule has 2 aliphatic heterocycles. The molecule has 0 aromatic heterocycles. The fourth-order valence-electron chi connectivity index (χ4n) is 3.94. The number of esters is 2. The Labute approximate surface area is 191 Å². The second kappa shape index (κ2) is 9.22. The van der Waals surface area contributed by atoms with Crippen molar-refractivity contribution in [2.24, 2.45) is 17.1 Å². The third kappa shape index (κ3) is 5.00. The lowest BCUT2D eigenvalue weighted by Gasteiger charge is -2.44. The molecule has 1 saturated heterocycles. The minimum Gasteiger partial charge on any atom is -0.445 e. The van der Waals surface area contributed by atoms with Gasteiger partial charge in [-0.3, -0.25) is 9.59 Å². The summed E-state index contributed by atoms with van der Waals surface area (Å²) in [5.41, 5.74) is 6.12. The molecule has 0 aliphatic carbocycles. The van der Waals surface area contributed by atoms with Crippen LogP contribution in [0.3, 0.4) is 0 Å². The summed E-state index contributed by atoms with van der Waals surface area (Å²) >= 11 is 0. The Morgan fingerprint density at radius 2 is 1.91 bits per heavy atom. The number of β-lactam (4-membered cyclic amide) rings is 1. The fourth-order valence-corrected chi connectivity index (χ4v) is 3.94. The number of ether oxygens (including phenoxy) is 3. The molecule has 3 N–H and O–H groups in total. The SMILES string of the molecule is C[C@@H](O)[C@H]1C(=O)N2C(C(=O)OCOC(=O)C(C)(C)C)=C(c3cccc(COC(N)=O)c3)C[C@H]12. The number of nitrogens with zero attached hydrogens (tertiary/aromatic N) is 1. The molecule has 1 fully saturated rings. The molecule has 3 atom stereocenters. The van der Waals surface area contributed by atoms with Gasteiger partial charge in [0.25, 0.3) is 0 Å². The average molecular weight is 460 g/mol. The van der Waals surface area contributed by atoms with Crippen molar-refractivity contribution in [2.45, 2.75) is 52.9 Å². The molecule has 0 unspecified atom stereocenters. The van der Waals surface area contributed by atoms with E-state index >= 15 is 0 Å². The number of hydrogen-bond acceptors (Lipinski definition) is 8. The highest BCUT2D eigenvalue weighted by atomic mass is 16.7. The lowest BCUT2D eigenvalue weighted by molar-refractivity contribution is -0.175. The quantitative estimate of drug-likeness (QED) is 0.355. The number of aliphatic hydroxyl groups excluding tert-OH is 1. The van der Waals surface area contributed by atoms with E-state index in [-0.39, 0.29) is 18.2 Å². The molecule has 0 spiro atoms. The molecular formula is C23H28N2O8. The number of nitrogens with two attached hydrogens (primary N) is 1. The summed E-state index contributed by atoms with van der Waals surface area (Å²) in [6.45, 7) is 5.89. The molecule has 3 rings (SSSR count). The Hall–Kier alpha value is -3.40. The van der Waals surface area contributed by atoms with Crippen LogP contribution >= 0.6 is 0 Å². The van der Waals surface area contributed by atoms with Gasteiger partial charge in [-0.05, 0) is 56.9 Å². The number of hydrogen-bond donors (Lipinski definition) is 2. The maximum Gasteiger partial charge on any atom is 0.404 e. The zero-order chi connectivity index (χ0) is 24.5. The average Bonchev–Trinajstić information content (AvgIpc) is 3.06. The molecule has 33 heavy (non-hydrogen) atoms. The van der Waals surface area contributed by atoms with Crippen LogP contribution in [0.2, 0.25) is 0 Å². The molecule has 0 bridgehead atoms. The van der Waals surface area contributed by atoms with Crippen molar-refractivity contribution in [1.29, 1.82) is 0 Å². The van der Waals surface area contributed by atoms with Gasteiger partial charge in [0.15, 0.2) is 0 Å². The van der Waals surface area contributed by atoms with Gasteiger partial charge in [-0.2, -0.15) is 0 Å². The van der Waals surface area contributed by atoms with Gasteiger partial charge in [0.2, 0.25) is 12.7 Å². The van der Waals surface area contributed by atoms with Crippen molar-refractivity contribution < 1.29 is 38.5 Å². The second-order valence-electron chi connectivity index (χ2n) is 9.11. The molecule has 10 heteroatoms. The number of rotatable bonds is 7. The van der Waals surface area contributed by atoms with E-state index in [2.05, 4.69) is 0 Å². The van der Waals surface area contributed by atoms with Gasteiger partial charge >= 0.3 is 18.0 Å². The predicted molar refractivity (Wildman–Crippen MR) is 115 cm³/mol. The summed E-state index contributed by atoms with van der Waals surface area (Å²) < 4.78 is 15.0. The normalized spacial score (nSPS) is 20.6. The van der Waals surface area contributed by atoms with Crippen LogP contribution in [0.4, 0.5) is 4.79 Å². The number of aliphatic hydroxyl groups is 1. The van der Waals surface area contributed by atoms with E-state index < -0.39 is 48.3 Å². The van der Waals surface area contributed by atoms with Crippen molar-refractivity contribution in [3.8, 4) is 0 Å². The van der Waals surface area contributed by atoms with Crippen LogP contribution in [-0.4, -0.2) is 52.9 Å². The Balaban J connectivity index is 1.87. The van der Waals surface area contributed by atoms with Gasteiger partial charge in [0.1, 0.15) is 12.3 Å². The first-order valence-corrected chi connectivity index (χ1v) is 10.5. The summed E-state index contributed by atoms with van der Waals surface area (Å²) in [5, 5.41) is 10.0. The zero-order valence-electron chi connectivity index (χ0n) is 19.0. The van der Waals surface area contributed by atoms with Crippen molar-refractivity contribution in [1.82, 2.24) is 4.90 Å². The predicted octanol–water partition coefficient (Wildman–Crippen LogP) is 1.69. The first-order chi connectivity index (χ1) is 15.4. The number of carbonyl (C=O) groups is 4. The van der Waals surface area contributed by atoms with E-state index in [1.165, 1.54) is 11.8 Å². The van der Waals surface area contributed by atoms with Crippen LogP contribution in [0, 0.1) is 11.3 Å².